The van der Waals surface area contributed by atoms with E-state index in [-0.39, 0.29) is 12.0 Å². The summed E-state index contributed by atoms with van der Waals surface area (Å²) < 4.78 is 11.6. The van der Waals surface area contributed by atoms with E-state index in [1.807, 2.05) is 49.4 Å². The summed E-state index contributed by atoms with van der Waals surface area (Å²) in [4.78, 5) is 11.6. The highest BCUT2D eigenvalue weighted by Gasteiger charge is 2.27. The summed E-state index contributed by atoms with van der Waals surface area (Å²) in [6, 6.07) is 20.0. The standard InChI is InChI=1S/C27H26ClNO3/c1-17(15-27(30)29-2)18-7-9-19(10-8-18)32-26-14-13-22-21(5-4-6-24(22)26)23-12-11-20(31-3)16-25(23)28/h4-12,15-16,26H,13-14H2,1-3H3,(H,29,30)/b17-15+. The zero-order valence-corrected chi connectivity index (χ0v) is 19.2. The van der Waals surface area contributed by atoms with Crippen LogP contribution in [-0.4, -0.2) is 20.1 Å². The van der Waals surface area contributed by atoms with Gasteiger partial charge in [0.05, 0.1) is 12.1 Å². The zero-order valence-electron chi connectivity index (χ0n) is 18.4. The van der Waals surface area contributed by atoms with Crippen molar-refractivity contribution in [2.75, 3.05) is 14.2 Å². The summed E-state index contributed by atoms with van der Waals surface area (Å²) >= 11 is 6.55. The first kappa shape index (κ1) is 22.0. The van der Waals surface area contributed by atoms with E-state index in [1.54, 1.807) is 20.2 Å². The Hall–Kier alpha value is -3.24. The molecule has 1 aliphatic carbocycles. The predicted molar refractivity (Wildman–Crippen MR) is 129 cm³/mol. The Kier molecular flexibility index (Phi) is 6.52. The number of carbonyl (C=O) groups is 1. The van der Waals surface area contributed by atoms with Gasteiger partial charge in [-0.1, -0.05) is 41.9 Å². The number of halogens is 1. The number of allylic oxidation sites excluding steroid dienone is 1. The average molecular weight is 448 g/mol. The minimum absolute atomic E-state index is 0.00432. The van der Waals surface area contributed by atoms with Crippen LogP contribution >= 0.6 is 11.6 Å². The van der Waals surface area contributed by atoms with Crippen molar-refractivity contribution in [3.63, 3.8) is 0 Å². The Morgan fingerprint density at radius 3 is 2.50 bits per heavy atom. The maximum Gasteiger partial charge on any atom is 0.244 e. The van der Waals surface area contributed by atoms with Gasteiger partial charge in [0.2, 0.25) is 5.91 Å². The molecule has 3 aromatic carbocycles. The van der Waals surface area contributed by atoms with Gasteiger partial charge in [-0.05, 0) is 77.9 Å². The lowest BCUT2D eigenvalue weighted by atomic mass is 9.96. The maximum absolute atomic E-state index is 11.6. The van der Waals surface area contributed by atoms with Crippen LogP contribution in [0.2, 0.25) is 5.02 Å². The van der Waals surface area contributed by atoms with E-state index in [4.69, 9.17) is 21.1 Å². The van der Waals surface area contributed by atoms with Crippen LogP contribution in [0.1, 0.15) is 36.1 Å². The van der Waals surface area contributed by atoms with E-state index in [9.17, 15) is 4.79 Å². The highest BCUT2D eigenvalue weighted by atomic mass is 35.5. The molecule has 4 nitrogen and oxygen atoms in total. The smallest absolute Gasteiger partial charge is 0.244 e. The number of fused-ring (bicyclic) bond motifs is 1. The molecule has 3 aromatic rings. The summed E-state index contributed by atoms with van der Waals surface area (Å²) in [5.74, 6) is 1.45. The molecular weight excluding hydrogens is 422 g/mol. The van der Waals surface area contributed by atoms with Crippen molar-refractivity contribution in [2.24, 2.45) is 0 Å². The van der Waals surface area contributed by atoms with Gasteiger partial charge in [-0.15, -0.1) is 0 Å². The number of amides is 1. The molecule has 1 N–H and O–H groups in total. The molecule has 0 bridgehead atoms. The highest BCUT2D eigenvalue weighted by Crippen LogP contribution is 2.42. The fourth-order valence-corrected chi connectivity index (χ4v) is 4.42. The molecule has 1 unspecified atom stereocenters. The summed E-state index contributed by atoms with van der Waals surface area (Å²) in [5, 5.41) is 3.28. The molecule has 32 heavy (non-hydrogen) atoms. The Bertz CT molecular complexity index is 1170. The van der Waals surface area contributed by atoms with Gasteiger partial charge in [0.1, 0.15) is 17.6 Å². The maximum atomic E-state index is 11.6. The second kappa shape index (κ2) is 9.49. The van der Waals surface area contributed by atoms with Gasteiger partial charge in [0, 0.05) is 18.7 Å². The molecule has 4 rings (SSSR count). The summed E-state index contributed by atoms with van der Waals surface area (Å²) in [7, 11) is 3.26. The number of methoxy groups -OCH3 is 1. The van der Waals surface area contributed by atoms with Crippen molar-refractivity contribution in [3.05, 3.63) is 88.5 Å². The van der Waals surface area contributed by atoms with Gasteiger partial charge in [0.25, 0.3) is 0 Å². The van der Waals surface area contributed by atoms with Crippen molar-refractivity contribution in [3.8, 4) is 22.6 Å². The molecule has 0 fully saturated rings. The van der Waals surface area contributed by atoms with Crippen molar-refractivity contribution >= 4 is 23.1 Å². The Labute approximate surface area is 193 Å². The predicted octanol–water partition coefficient (Wildman–Crippen LogP) is 6.23. The van der Waals surface area contributed by atoms with E-state index in [0.717, 1.165) is 46.6 Å². The molecule has 5 heteroatoms. The third-order valence-electron chi connectivity index (χ3n) is 5.86. The molecule has 0 aliphatic heterocycles. The number of hydrogen-bond donors (Lipinski definition) is 1. The van der Waals surface area contributed by atoms with Crippen LogP contribution in [-0.2, 0) is 11.2 Å². The number of carbonyl (C=O) groups excluding carboxylic acids is 1. The van der Waals surface area contributed by atoms with Crippen LogP contribution in [0.3, 0.4) is 0 Å². The normalized spacial score (nSPS) is 15.2. The molecule has 1 atom stereocenters. The third kappa shape index (κ3) is 4.51. The summed E-state index contributed by atoms with van der Waals surface area (Å²) in [6.45, 7) is 1.92. The minimum Gasteiger partial charge on any atom is -0.497 e. The van der Waals surface area contributed by atoms with E-state index in [1.165, 1.54) is 11.1 Å². The number of likely N-dealkylation sites (N-methyl/N-ethyl adjacent to an activating group) is 1. The fourth-order valence-electron chi connectivity index (χ4n) is 4.15. The van der Waals surface area contributed by atoms with Crippen LogP contribution in [0, 0.1) is 0 Å². The monoisotopic (exact) mass is 447 g/mol. The molecule has 0 saturated heterocycles. The number of benzene rings is 3. The number of hydrogen-bond acceptors (Lipinski definition) is 3. The molecule has 0 saturated carbocycles. The molecular formula is C27H26ClNO3. The molecule has 1 amide bonds. The van der Waals surface area contributed by atoms with Crippen molar-refractivity contribution in [1.82, 2.24) is 5.32 Å². The van der Waals surface area contributed by atoms with Gasteiger partial charge in [-0.3, -0.25) is 4.79 Å². The van der Waals surface area contributed by atoms with Gasteiger partial charge < -0.3 is 14.8 Å². The molecule has 0 aromatic heterocycles. The first-order chi connectivity index (χ1) is 15.5. The topological polar surface area (TPSA) is 47.6 Å². The van der Waals surface area contributed by atoms with E-state index < -0.39 is 0 Å². The largest absolute Gasteiger partial charge is 0.497 e. The zero-order chi connectivity index (χ0) is 22.7. The lowest BCUT2D eigenvalue weighted by Crippen LogP contribution is -2.14. The SMILES string of the molecule is CNC(=O)/C=C(\C)c1ccc(OC2CCc3c(-c4ccc(OC)cc4Cl)cccc32)cc1. The van der Waals surface area contributed by atoms with Crippen molar-refractivity contribution < 1.29 is 14.3 Å². The van der Waals surface area contributed by atoms with Crippen molar-refractivity contribution in [2.45, 2.75) is 25.9 Å². The van der Waals surface area contributed by atoms with Gasteiger partial charge >= 0.3 is 0 Å². The van der Waals surface area contributed by atoms with Gasteiger partial charge in [-0.2, -0.15) is 0 Å². The van der Waals surface area contributed by atoms with Gasteiger partial charge in [-0.25, -0.2) is 0 Å². The quantitative estimate of drug-likeness (QED) is 0.455. The van der Waals surface area contributed by atoms with E-state index in [0.29, 0.717) is 5.02 Å². The second-order valence-corrected chi connectivity index (χ2v) is 8.24. The summed E-state index contributed by atoms with van der Waals surface area (Å²) in [6.07, 6.45) is 3.44. The molecule has 0 radical (unpaired) electrons. The van der Waals surface area contributed by atoms with Crippen LogP contribution in [0.4, 0.5) is 0 Å². The highest BCUT2D eigenvalue weighted by molar-refractivity contribution is 6.33. The molecule has 0 spiro atoms. The average Bonchev–Trinajstić information content (AvgIpc) is 3.22. The number of nitrogens with one attached hydrogen (secondary N) is 1. The second-order valence-electron chi connectivity index (χ2n) is 7.83. The van der Waals surface area contributed by atoms with Crippen LogP contribution in [0.25, 0.3) is 16.7 Å². The van der Waals surface area contributed by atoms with E-state index >= 15 is 0 Å². The summed E-state index contributed by atoms with van der Waals surface area (Å²) in [5.41, 5.74) is 6.53. The Balaban J connectivity index is 1.55. The number of rotatable bonds is 6. The third-order valence-corrected chi connectivity index (χ3v) is 6.18. The van der Waals surface area contributed by atoms with Crippen LogP contribution in [0.15, 0.2) is 66.7 Å². The Morgan fingerprint density at radius 1 is 1.06 bits per heavy atom. The van der Waals surface area contributed by atoms with Gasteiger partial charge in [0.15, 0.2) is 0 Å². The first-order valence-corrected chi connectivity index (χ1v) is 11.0. The number of ether oxygens (including phenoxy) is 2. The molecule has 0 heterocycles. The van der Waals surface area contributed by atoms with Crippen LogP contribution in [0.5, 0.6) is 11.5 Å². The lowest BCUT2D eigenvalue weighted by molar-refractivity contribution is -0.116. The lowest BCUT2D eigenvalue weighted by Gasteiger charge is -2.17. The minimum atomic E-state index is -0.113. The molecule has 164 valence electrons. The van der Waals surface area contributed by atoms with Crippen LogP contribution < -0.4 is 14.8 Å². The fraction of sp³-hybridized carbons (Fsp3) is 0.222. The first-order valence-electron chi connectivity index (χ1n) is 10.6. The molecule has 1 aliphatic rings. The van der Waals surface area contributed by atoms with Crippen molar-refractivity contribution in [1.29, 1.82) is 0 Å². The van der Waals surface area contributed by atoms with E-state index in [2.05, 4.69) is 23.5 Å². The Morgan fingerprint density at radius 2 is 1.81 bits per heavy atom.